The summed E-state index contributed by atoms with van der Waals surface area (Å²) >= 11 is 0. The molecule has 1 aliphatic carbocycles. The van der Waals surface area contributed by atoms with E-state index in [-0.39, 0.29) is 21.8 Å². The molecule has 0 aliphatic heterocycles. The van der Waals surface area contributed by atoms with Gasteiger partial charge in [0.2, 0.25) is 10.0 Å². The minimum Gasteiger partial charge on any atom is -0.279 e. The minimum atomic E-state index is -3.83. The molecular formula is C19H24N2O4S2. The molecule has 0 spiro atoms. The van der Waals surface area contributed by atoms with Crippen LogP contribution in [0.25, 0.3) is 0 Å². The molecule has 0 unspecified atom stereocenters. The number of sulfonamides is 2. The molecule has 0 aromatic heterocycles. The molecule has 0 radical (unpaired) electrons. The number of benzene rings is 2. The maximum absolute atomic E-state index is 12.8. The van der Waals surface area contributed by atoms with Crippen LogP contribution in [0.3, 0.4) is 0 Å². The van der Waals surface area contributed by atoms with Crippen LogP contribution in [0.2, 0.25) is 0 Å². The molecule has 0 bridgehead atoms. The van der Waals surface area contributed by atoms with Gasteiger partial charge in [0.1, 0.15) is 0 Å². The van der Waals surface area contributed by atoms with Crippen LogP contribution < -0.4 is 9.44 Å². The zero-order chi connectivity index (χ0) is 19.8. The lowest BCUT2D eigenvalue weighted by Gasteiger charge is -2.17. The van der Waals surface area contributed by atoms with Gasteiger partial charge in [-0.25, -0.2) is 21.6 Å². The third kappa shape index (κ3) is 4.51. The fraction of sp³-hybridized carbons (Fsp3) is 0.368. The summed E-state index contributed by atoms with van der Waals surface area (Å²) in [6.07, 6.45) is 1.68. The quantitative estimate of drug-likeness (QED) is 0.735. The second-order valence-electron chi connectivity index (χ2n) is 7.17. The van der Waals surface area contributed by atoms with Crippen LogP contribution in [-0.4, -0.2) is 22.9 Å². The van der Waals surface area contributed by atoms with Gasteiger partial charge in [0, 0.05) is 6.04 Å². The van der Waals surface area contributed by atoms with Crippen LogP contribution in [0.1, 0.15) is 43.7 Å². The Balaban J connectivity index is 1.88. The van der Waals surface area contributed by atoms with Gasteiger partial charge in [0.25, 0.3) is 10.0 Å². The maximum atomic E-state index is 12.8. The fourth-order valence-electron chi connectivity index (χ4n) is 2.79. The summed E-state index contributed by atoms with van der Waals surface area (Å²) in [6, 6.07) is 10.9. The number of aryl methyl sites for hydroxylation is 1. The van der Waals surface area contributed by atoms with E-state index >= 15 is 0 Å². The van der Waals surface area contributed by atoms with Crippen molar-refractivity contribution >= 4 is 25.7 Å². The van der Waals surface area contributed by atoms with Crippen molar-refractivity contribution in [1.29, 1.82) is 0 Å². The van der Waals surface area contributed by atoms with Gasteiger partial charge in [-0.3, -0.25) is 4.72 Å². The molecular weight excluding hydrogens is 384 g/mol. The number of rotatable bonds is 7. The number of hydrogen-bond donors (Lipinski definition) is 2. The van der Waals surface area contributed by atoms with E-state index in [0.717, 1.165) is 24.0 Å². The first-order valence-corrected chi connectivity index (χ1v) is 11.8. The van der Waals surface area contributed by atoms with Crippen LogP contribution in [0.15, 0.2) is 52.3 Å². The highest BCUT2D eigenvalue weighted by Gasteiger charge is 2.28. The van der Waals surface area contributed by atoms with E-state index in [1.807, 2.05) is 39.0 Å². The number of anilines is 1. The Kier molecular flexibility index (Phi) is 5.33. The molecule has 146 valence electrons. The highest BCUT2D eigenvalue weighted by atomic mass is 32.2. The Hall–Kier alpha value is -1.90. The van der Waals surface area contributed by atoms with Crippen LogP contribution in [0, 0.1) is 6.92 Å². The molecule has 6 nitrogen and oxygen atoms in total. The van der Waals surface area contributed by atoms with E-state index < -0.39 is 20.0 Å². The molecule has 0 heterocycles. The van der Waals surface area contributed by atoms with Crippen molar-refractivity contribution in [2.45, 2.75) is 55.4 Å². The first-order valence-electron chi connectivity index (χ1n) is 8.85. The van der Waals surface area contributed by atoms with E-state index in [1.165, 1.54) is 24.3 Å². The van der Waals surface area contributed by atoms with Crippen LogP contribution in [-0.2, 0) is 20.0 Å². The monoisotopic (exact) mass is 408 g/mol. The summed E-state index contributed by atoms with van der Waals surface area (Å²) in [6.45, 7) is 5.85. The summed E-state index contributed by atoms with van der Waals surface area (Å²) in [5, 5.41) is 0. The minimum absolute atomic E-state index is 0.00409. The predicted octanol–water partition coefficient (Wildman–Crippen LogP) is 3.36. The summed E-state index contributed by atoms with van der Waals surface area (Å²) in [4.78, 5) is 0.0814. The van der Waals surface area contributed by atoms with Crippen molar-refractivity contribution in [3.05, 3.63) is 53.6 Å². The smallest absolute Gasteiger partial charge is 0.261 e. The van der Waals surface area contributed by atoms with Gasteiger partial charge in [-0.15, -0.1) is 0 Å². The van der Waals surface area contributed by atoms with E-state index in [2.05, 4.69) is 9.44 Å². The predicted molar refractivity (Wildman–Crippen MR) is 106 cm³/mol. The second kappa shape index (κ2) is 7.26. The Labute approximate surface area is 161 Å². The van der Waals surface area contributed by atoms with Crippen molar-refractivity contribution in [3.63, 3.8) is 0 Å². The summed E-state index contributed by atoms with van der Waals surface area (Å²) in [7, 11) is -7.44. The molecule has 3 rings (SSSR count). The van der Waals surface area contributed by atoms with Gasteiger partial charge in [-0.1, -0.05) is 32.0 Å². The lowest BCUT2D eigenvalue weighted by atomic mass is 9.99. The number of para-hydroxylation sites is 1. The van der Waals surface area contributed by atoms with Crippen molar-refractivity contribution in [2.75, 3.05) is 4.72 Å². The van der Waals surface area contributed by atoms with Crippen LogP contribution >= 0.6 is 0 Å². The average molecular weight is 409 g/mol. The standard InChI is InChI=1S/C19H24N2O4S2/c1-13(2)18-6-4-5-14(3)19(18)21-27(24,25)17-11-9-16(10-12-17)26(22,23)20-15-7-8-15/h4-6,9-13,15,20-21H,7-8H2,1-3H3. The molecule has 8 heteroatoms. The van der Waals surface area contributed by atoms with Crippen molar-refractivity contribution in [1.82, 2.24) is 4.72 Å². The van der Waals surface area contributed by atoms with Gasteiger partial charge in [-0.2, -0.15) is 0 Å². The first kappa shape index (κ1) is 19.9. The average Bonchev–Trinajstić information content (AvgIpc) is 3.40. The zero-order valence-electron chi connectivity index (χ0n) is 15.6. The normalized spacial score (nSPS) is 15.1. The van der Waals surface area contributed by atoms with E-state index in [1.54, 1.807) is 0 Å². The Morgan fingerprint density at radius 3 is 1.96 bits per heavy atom. The van der Waals surface area contributed by atoms with Crippen LogP contribution in [0.4, 0.5) is 5.69 Å². The van der Waals surface area contributed by atoms with E-state index in [9.17, 15) is 16.8 Å². The molecule has 1 fully saturated rings. The molecule has 2 aromatic rings. The Morgan fingerprint density at radius 1 is 0.889 bits per heavy atom. The highest BCUT2D eigenvalue weighted by molar-refractivity contribution is 7.92. The molecule has 0 saturated heterocycles. The number of hydrogen-bond acceptors (Lipinski definition) is 4. The summed E-state index contributed by atoms with van der Waals surface area (Å²) < 4.78 is 55.3. The third-order valence-electron chi connectivity index (χ3n) is 4.51. The van der Waals surface area contributed by atoms with Crippen molar-refractivity contribution < 1.29 is 16.8 Å². The second-order valence-corrected chi connectivity index (χ2v) is 10.6. The summed E-state index contributed by atoms with van der Waals surface area (Å²) in [5.74, 6) is 0.156. The van der Waals surface area contributed by atoms with E-state index in [0.29, 0.717) is 5.69 Å². The van der Waals surface area contributed by atoms with Gasteiger partial charge in [0.15, 0.2) is 0 Å². The maximum Gasteiger partial charge on any atom is 0.261 e. The third-order valence-corrected chi connectivity index (χ3v) is 7.41. The fourth-order valence-corrected chi connectivity index (χ4v) is 5.26. The molecule has 1 saturated carbocycles. The van der Waals surface area contributed by atoms with Gasteiger partial charge >= 0.3 is 0 Å². The van der Waals surface area contributed by atoms with Gasteiger partial charge < -0.3 is 0 Å². The van der Waals surface area contributed by atoms with Gasteiger partial charge in [0.05, 0.1) is 15.5 Å². The Bertz CT molecular complexity index is 1040. The largest absolute Gasteiger partial charge is 0.279 e. The molecule has 1 aliphatic rings. The molecule has 0 amide bonds. The topological polar surface area (TPSA) is 92.3 Å². The van der Waals surface area contributed by atoms with E-state index in [4.69, 9.17) is 0 Å². The molecule has 2 aromatic carbocycles. The van der Waals surface area contributed by atoms with Crippen LogP contribution in [0.5, 0.6) is 0 Å². The van der Waals surface area contributed by atoms with Gasteiger partial charge in [-0.05, 0) is 61.1 Å². The Morgan fingerprint density at radius 2 is 1.44 bits per heavy atom. The molecule has 2 N–H and O–H groups in total. The van der Waals surface area contributed by atoms with Crippen molar-refractivity contribution in [3.8, 4) is 0 Å². The lowest BCUT2D eigenvalue weighted by Crippen LogP contribution is -2.25. The zero-order valence-corrected chi connectivity index (χ0v) is 17.2. The first-order chi connectivity index (χ1) is 12.6. The summed E-state index contributed by atoms with van der Waals surface area (Å²) in [5.41, 5.74) is 2.31. The lowest BCUT2D eigenvalue weighted by molar-refractivity contribution is 0.580. The van der Waals surface area contributed by atoms with Crippen molar-refractivity contribution in [2.24, 2.45) is 0 Å². The number of nitrogens with one attached hydrogen (secondary N) is 2. The SMILES string of the molecule is Cc1cccc(C(C)C)c1NS(=O)(=O)c1ccc(S(=O)(=O)NC2CC2)cc1. The molecule has 0 atom stereocenters. The molecule has 27 heavy (non-hydrogen) atoms. The highest BCUT2D eigenvalue weighted by Crippen LogP contribution is 2.30.